The van der Waals surface area contributed by atoms with Crippen molar-refractivity contribution < 1.29 is 9.53 Å². The standard InChI is InChI=1S/C20H33N5O2.HI/c1-3-21-20(22-11-7-17-27-2)23-12-10-19(26)25-15-13-24(14-16-25)18-8-5-4-6-9-18;/h4-6,8-9H,3,7,10-17H2,1-2H3,(H2,21,22,23);1H. The van der Waals surface area contributed by atoms with Crippen molar-refractivity contribution >= 4 is 41.5 Å². The lowest BCUT2D eigenvalue weighted by Gasteiger charge is -2.36. The largest absolute Gasteiger partial charge is 0.385 e. The molecule has 1 aromatic rings. The molecule has 1 aliphatic rings. The van der Waals surface area contributed by atoms with Crippen molar-refractivity contribution in [2.45, 2.75) is 19.8 Å². The zero-order valence-corrected chi connectivity index (χ0v) is 19.4. The fourth-order valence-electron chi connectivity index (χ4n) is 3.04. The summed E-state index contributed by atoms with van der Waals surface area (Å²) >= 11 is 0. The van der Waals surface area contributed by atoms with E-state index in [-0.39, 0.29) is 29.9 Å². The molecule has 1 aromatic carbocycles. The molecule has 0 aromatic heterocycles. The Bertz CT molecular complexity index is 577. The van der Waals surface area contributed by atoms with E-state index in [4.69, 9.17) is 4.74 Å². The highest BCUT2D eigenvalue weighted by Crippen LogP contribution is 2.15. The van der Waals surface area contributed by atoms with E-state index in [0.29, 0.717) is 26.1 Å². The van der Waals surface area contributed by atoms with Gasteiger partial charge in [-0.15, -0.1) is 24.0 Å². The summed E-state index contributed by atoms with van der Waals surface area (Å²) in [6.07, 6.45) is 1.37. The van der Waals surface area contributed by atoms with E-state index in [2.05, 4.69) is 44.8 Å². The Labute approximate surface area is 185 Å². The number of methoxy groups -OCH3 is 1. The maximum Gasteiger partial charge on any atom is 0.224 e. The number of nitrogens with one attached hydrogen (secondary N) is 2. The van der Waals surface area contributed by atoms with Gasteiger partial charge < -0.3 is 25.2 Å². The molecule has 0 aliphatic carbocycles. The highest BCUT2D eigenvalue weighted by molar-refractivity contribution is 14.0. The number of guanidine groups is 1. The van der Waals surface area contributed by atoms with Crippen LogP contribution in [0.1, 0.15) is 19.8 Å². The van der Waals surface area contributed by atoms with Crippen molar-refractivity contribution in [2.75, 3.05) is 64.4 Å². The van der Waals surface area contributed by atoms with Crippen molar-refractivity contribution in [3.8, 4) is 0 Å². The van der Waals surface area contributed by atoms with Gasteiger partial charge >= 0.3 is 0 Å². The molecule has 1 amide bonds. The Balaban J connectivity index is 0.00000392. The van der Waals surface area contributed by atoms with Crippen LogP contribution in [-0.4, -0.2) is 76.3 Å². The summed E-state index contributed by atoms with van der Waals surface area (Å²) in [5, 5.41) is 6.45. The van der Waals surface area contributed by atoms with Crippen molar-refractivity contribution in [2.24, 2.45) is 4.99 Å². The molecule has 0 bridgehead atoms. The molecule has 0 saturated carbocycles. The normalized spacial score (nSPS) is 14.4. The first kappa shape index (κ1) is 24.5. The summed E-state index contributed by atoms with van der Waals surface area (Å²) in [5.74, 6) is 0.959. The second-order valence-corrected chi connectivity index (χ2v) is 6.49. The Morgan fingerprint density at radius 2 is 1.86 bits per heavy atom. The van der Waals surface area contributed by atoms with Crippen LogP contribution in [0.15, 0.2) is 35.3 Å². The highest BCUT2D eigenvalue weighted by atomic mass is 127. The first-order valence-corrected chi connectivity index (χ1v) is 9.83. The minimum atomic E-state index is 0. The molecular weight excluding hydrogens is 469 g/mol. The summed E-state index contributed by atoms with van der Waals surface area (Å²) in [7, 11) is 1.69. The zero-order chi connectivity index (χ0) is 19.3. The van der Waals surface area contributed by atoms with Crippen molar-refractivity contribution in [1.82, 2.24) is 15.5 Å². The van der Waals surface area contributed by atoms with Gasteiger partial charge in [0.25, 0.3) is 0 Å². The third-order valence-electron chi connectivity index (χ3n) is 4.51. The molecule has 1 saturated heterocycles. The molecule has 158 valence electrons. The van der Waals surface area contributed by atoms with Crippen LogP contribution in [0.3, 0.4) is 0 Å². The number of benzene rings is 1. The SMILES string of the molecule is CCNC(=NCCCOC)NCCC(=O)N1CCN(c2ccccc2)CC1.I. The van der Waals surface area contributed by atoms with Crippen molar-refractivity contribution in [1.29, 1.82) is 0 Å². The average Bonchev–Trinajstić information content (AvgIpc) is 2.72. The number of aliphatic imine (C=N–C) groups is 1. The number of hydrogen-bond acceptors (Lipinski definition) is 4. The van der Waals surface area contributed by atoms with Crippen LogP contribution in [0.4, 0.5) is 5.69 Å². The molecule has 7 nitrogen and oxygen atoms in total. The molecule has 0 atom stereocenters. The van der Waals surface area contributed by atoms with Gasteiger partial charge in [-0.2, -0.15) is 0 Å². The van der Waals surface area contributed by atoms with Crippen LogP contribution in [0.5, 0.6) is 0 Å². The molecule has 1 aliphatic heterocycles. The van der Waals surface area contributed by atoms with Crippen LogP contribution in [0, 0.1) is 0 Å². The molecule has 1 fully saturated rings. The lowest BCUT2D eigenvalue weighted by atomic mass is 10.2. The molecule has 2 rings (SSSR count). The van der Waals surface area contributed by atoms with E-state index in [1.165, 1.54) is 5.69 Å². The Morgan fingerprint density at radius 3 is 2.50 bits per heavy atom. The van der Waals surface area contributed by atoms with Gasteiger partial charge in [0.15, 0.2) is 5.96 Å². The Morgan fingerprint density at radius 1 is 1.14 bits per heavy atom. The average molecular weight is 503 g/mol. The molecule has 8 heteroatoms. The minimum absolute atomic E-state index is 0. The number of rotatable bonds is 9. The maximum atomic E-state index is 12.5. The van der Waals surface area contributed by atoms with Gasteiger partial charge in [0, 0.05) is 71.6 Å². The predicted octanol–water partition coefficient (Wildman–Crippen LogP) is 1.93. The number of hydrogen-bond donors (Lipinski definition) is 2. The first-order valence-electron chi connectivity index (χ1n) is 9.83. The summed E-state index contributed by atoms with van der Waals surface area (Å²) in [4.78, 5) is 21.3. The monoisotopic (exact) mass is 503 g/mol. The lowest BCUT2D eigenvalue weighted by Crippen LogP contribution is -2.49. The number of ether oxygens (including phenoxy) is 1. The molecular formula is C20H34IN5O2. The van der Waals surface area contributed by atoms with Gasteiger partial charge in [0.05, 0.1) is 0 Å². The van der Waals surface area contributed by atoms with Crippen LogP contribution >= 0.6 is 24.0 Å². The molecule has 0 unspecified atom stereocenters. The van der Waals surface area contributed by atoms with Crippen LogP contribution in [0.2, 0.25) is 0 Å². The van der Waals surface area contributed by atoms with Crippen LogP contribution in [-0.2, 0) is 9.53 Å². The predicted molar refractivity (Wildman–Crippen MR) is 126 cm³/mol. The van der Waals surface area contributed by atoms with E-state index >= 15 is 0 Å². The maximum absolute atomic E-state index is 12.5. The molecule has 2 N–H and O–H groups in total. The van der Waals surface area contributed by atoms with E-state index < -0.39 is 0 Å². The zero-order valence-electron chi connectivity index (χ0n) is 17.0. The van der Waals surface area contributed by atoms with Gasteiger partial charge in [0.2, 0.25) is 5.91 Å². The Hall–Kier alpha value is -1.55. The Kier molecular flexibility index (Phi) is 12.6. The van der Waals surface area contributed by atoms with E-state index in [0.717, 1.165) is 45.1 Å². The first-order chi connectivity index (χ1) is 13.2. The molecule has 28 heavy (non-hydrogen) atoms. The number of para-hydroxylation sites is 1. The summed E-state index contributed by atoms with van der Waals surface area (Å²) in [5.41, 5.74) is 1.23. The van der Waals surface area contributed by atoms with Crippen LogP contribution < -0.4 is 15.5 Å². The number of anilines is 1. The second-order valence-electron chi connectivity index (χ2n) is 6.49. The molecule has 0 spiro atoms. The second kappa shape index (κ2) is 14.4. The topological polar surface area (TPSA) is 69.2 Å². The number of amides is 1. The lowest BCUT2D eigenvalue weighted by molar-refractivity contribution is -0.131. The number of halogens is 1. The third-order valence-corrected chi connectivity index (χ3v) is 4.51. The summed E-state index contributed by atoms with van der Waals surface area (Å²) in [6, 6.07) is 10.4. The van der Waals surface area contributed by atoms with Gasteiger partial charge in [-0.25, -0.2) is 0 Å². The van der Waals surface area contributed by atoms with E-state index in [1.807, 2.05) is 17.9 Å². The van der Waals surface area contributed by atoms with E-state index in [1.54, 1.807) is 7.11 Å². The number of carbonyl (C=O) groups is 1. The smallest absolute Gasteiger partial charge is 0.224 e. The number of nitrogens with zero attached hydrogens (tertiary/aromatic N) is 3. The van der Waals surface area contributed by atoms with Gasteiger partial charge in [-0.3, -0.25) is 9.79 Å². The molecule has 1 heterocycles. The molecule has 0 radical (unpaired) electrons. The fraction of sp³-hybridized carbons (Fsp3) is 0.600. The minimum Gasteiger partial charge on any atom is -0.385 e. The number of piperazine rings is 1. The quantitative estimate of drug-likeness (QED) is 0.233. The van der Waals surface area contributed by atoms with Crippen LogP contribution in [0.25, 0.3) is 0 Å². The van der Waals surface area contributed by atoms with Crippen molar-refractivity contribution in [3.63, 3.8) is 0 Å². The van der Waals surface area contributed by atoms with Gasteiger partial charge in [-0.05, 0) is 25.5 Å². The highest BCUT2D eigenvalue weighted by Gasteiger charge is 2.20. The summed E-state index contributed by atoms with van der Waals surface area (Å²) < 4.78 is 5.04. The van der Waals surface area contributed by atoms with E-state index in [9.17, 15) is 4.79 Å². The fourth-order valence-corrected chi connectivity index (χ4v) is 3.04. The third kappa shape index (κ3) is 8.64. The van der Waals surface area contributed by atoms with Gasteiger partial charge in [0.1, 0.15) is 0 Å². The number of carbonyl (C=O) groups excluding carboxylic acids is 1. The van der Waals surface area contributed by atoms with Gasteiger partial charge in [-0.1, -0.05) is 18.2 Å². The summed E-state index contributed by atoms with van der Waals surface area (Å²) in [6.45, 7) is 8.15. The van der Waals surface area contributed by atoms with Crippen molar-refractivity contribution in [3.05, 3.63) is 30.3 Å².